The molecule has 0 bridgehead atoms. The van der Waals surface area contributed by atoms with E-state index < -0.39 is 0 Å². The van der Waals surface area contributed by atoms with Gasteiger partial charge in [-0.3, -0.25) is 0 Å². The Morgan fingerprint density at radius 1 is 0.400 bits per heavy atom. The van der Waals surface area contributed by atoms with Crippen LogP contribution in [0.5, 0.6) is 0 Å². The van der Waals surface area contributed by atoms with Crippen LogP contribution in [0.15, 0.2) is 0 Å². The fourth-order valence-corrected chi connectivity index (χ4v) is 0. The Morgan fingerprint density at radius 3 is 0.400 bits per heavy atom. The van der Waals surface area contributed by atoms with E-state index in [1.165, 1.54) is 0 Å². The van der Waals surface area contributed by atoms with Crippen molar-refractivity contribution in [3.63, 3.8) is 0 Å². The summed E-state index contributed by atoms with van der Waals surface area (Å²) in [6.45, 7) is 0. The molecule has 0 unspecified atom stereocenters. The first kappa shape index (κ1) is 225. The quantitative estimate of drug-likeness (QED) is 0.405. The van der Waals surface area contributed by atoms with E-state index in [0.717, 1.165) is 0 Å². The molecule has 0 aromatic heterocycles. The molecule has 5 heavy (non-hydrogen) atoms. The van der Waals surface area contributed by atoms with Crippen LogP contribution >= 0.6 is 0 Å². The molecule has 0 heterocycles. The summed E-state index contributed by atoms with van der Waals surface area (Å²) in [4.78, 5) is 0. The van der Waals surface area contributed by atoms with Crippen LogP contribution in [0.2, 0.25) is 0 Å². The van der Waals surface area contributed by atoms with Crippen LogP contribution in [-0.2, 0) is 0 Å². The molecule has 36 valence electrons. The fraction of sp³-hybridized carbons (Fsp3) is 0. The van der Waals surface area contributed by atoms with Crippen molar-refractivity contribution in [3.8, 4) is 0 Å². The monoisotopic (exact) mass is 280 g/mol. The van der Waals surface area contributed by atoms with Crippen LogP contribution in [0.4, 0.5) is 0 Å². The van der Waals surface area contributed by atoms with Crippen LogP contribution in [-0.4, -0.2) is 49.2 Å². The van der Waals surface area contributed by atoms with E-state index in [1.807, 2.05) is 0 Å². The predicted octanol–water partition coefficient (Wildman–Crippen LogP) is -3.68. The molecule has 0 aliphatic heterocycles. The van der Waals surface area contributed by atoms with E-state index >= 15 is 0 Å². The standard InChI is InChI=1S/4H2O.Pb/h4*1H2;. The van der Waals surface area contributed by atoms with Gasteiger partial charge in [-0.05, 0) is 0 Å². The minimum atomic E-state index is 0. The minimum absolute atomic E-state index is 0. The van der Waals surface area contributed by atoms with E-state index in [-0.39, 0.29) is 49.2 Å². The molecular weight excluding hydrogens is 271 g/mol. The van der Waals surface area contributed by atoms with E-state index in [1.54, 1.807) is 0 Å². The third kappa shape index (κ3) is 62.6. The second-order valence-electron chi connectivity index (χ2n) is 0. The van der Waals surface area contributed by atoms with Crippen molar-refractivity contribution in [3.05, 3.63) is 0 Å². The van der Waals surface area contributed by atoms with Crippen molar-refractivity contribution in [2.75, 3.05) is 0 Å². The summed E-state index contributed by atoms with van der Waals surface area (Å²) in [7, 11) is 0. The Kier molecular flexibility index (Phi) is 5220. The fourth-order valence-electron chi connectivity index (χ4n) is 0. The molecule has 0 aromatic rings. The molecule has 8 N–H and O–H groups in total. The molecular formula is H8O4Pb. The van der Waals surface area contributed by atoms with Crippen molar-refractivity contribution in [2.24, 2.45) is 0 Å². The molecule has 0 amide bonds. The average molecular weight is 279 g/mol. The summed E-state index contributed by atoms with van der Waals surface area (Å²) in [5.41, 5.74) is 0. The van der Waals surface area contributed by atoms with Gasteiger partial charge in [-0.25, -0.2) is 0 Å². The topological polar surface area (TPSA) is 126 Å². The summed E-state index contributed by atoms with van der Waals surface area (Å²) >= 11 is 0. The Hall–Kier alpha value is 0.762. The molecule has 4 nitrogen and oxygen atoms in total. The smallest absolute Gasteiger partial charge is 0 e. The first-order valence-electron chi connectivity index (χ1n) is 0. The van der Waals surface area contributed by atoms with Crippen LogP contribution in [0.25, 0.3) is 0 Å². The molecule has 0 rings (SSSR count). The molecule has 0 aromatic carbocycles. The van der Waals surface area contributed by atoms with Gasteiger partial charge in [-0.2, -0.15) is 0 Å². The maximum absolute atomic E-state index is 0. The molecule has 0 saturated heterocycles. The summed E-state index contributed by atoms with van der Waals surface area (Å²) in [5.74, 6) is 0. The SMILES string of the molecule is O.O.O.O.[Pb]. The summed E-state index contributed by atoms with van der Waals surface area (Å²) in [6.07, 6.45) is 0. The van der Waals surface area contributed by atoms with Crippen molar-refractivity contribution in [1.82, 2.24) is 0 Å². The van der Waals surface area contributed by atoms with Gasteiger partial charge in [0.2, 0.25) is 0 Å². The molecule has 0 spiro atoms. The van der Waals surface area contributed by atoms with Crippen molar-refractivity contribution in [1.29, 1.82) is 0 Å². The first-order valence-corrected chi connectivity index (χ1v) is 0. The van der Waals surface area contributed by atoms with Gasteiger partial charge in [-0.15, -0.1) is 0 Å². The summed E-state index contributed by atoms with van der Waals surface area (Å²) in [6, 6.07) is 0. The largest absolute Gasteiger partial charge is 0.412 e. The van der Waals surface area contributed by atoms with Crippen molar-refractivity contribution in [2.45, 2.75) is 0 Å². The van der Waals surface area contributed by atoms with Gasteiger partial charge in [0.15, 0.2) is 0 Å². The Morgan fingerprint density at radius 2 is 0.400 bits per heavy atom. The van der Waals surface area contributed by atoms with Crippen molar-refractivity contribution >= 4 is 27.3 Å². The Labute approximate surface area is 49.6 Å². The van der Waals surface area contributed by atoms with Gasteiger partial charge in [0.05, 0.1) is 0 Å². The summed E-state index contributed by atoms with van der Waals surface area (Å²) < 4.78 is 0. The van der Waals surface area contributed by atoms with Gasteiger partial charge >= 0.3 is 0 Å². The number of hydrogen-bond donors (Lipinski definition) is 0. The van der Waals surface area contributed by atoms with E-state index in [2.05, 4.69) is 0 Å². The maximum Gasteiger partial charge on any atom is 0 e. The Balaban J connectivity index is 0. The molecule has 4 radical (unpaired) electrons. The molecule has 0 aliphatic carbocycles. The van der Waals surface area contributed by atoms with Crippen LogP contribution in [0.3, 0.4) is 0 Å². The van der Waals surface area contributed by atoms with Gasteiger partial charge in [-0.1, -0.05) is 0 Å². The predicted molar refractivity (Wildman–Crippen MR) is 20.2 cm³/mol. The third-order valence-corrected chi connectivity index (χ3v) is 0. The summed E-state index contributed by atoms with van der Waals surface area (Å²) in [5, 5.41) is 0. The molecule has 5 heteroatoms. The van der Waals surface area contributed by atoms with Gasteiger partial charge < -0.3 is 21.9 Å². The van der Waals surface area contributed by atoms with E-state index in [0.29, 0.717) is 0 Å². The minimum Gasteiger partial charge on any atom is -0.412 e. The number of rotatable bonds is 0. The second-order valence-corrected chi connectivity index (χ2v) is 0. The average Bonchev–Trinajstić information content (AvgIpc) is 0. The van der Waals surface area contributed by atoms with E-state index in [4.69, 9.17) is 0 Å². The molecule has 0 fully saturated rings. The van der Waals surface area contributed by atoms with Gasteiger partial charge in [0.25, 0.3) is 0 Å². The van der Waals surface area contributed by atoms with Crippen molar-refractivity contribution < 1.29 is 21.9 Å². The molecule has 0 aliphatic rings. The number of hydrogen-bond acceptors (Lipinski definition) is 0. The maximum atomic E-state index is 0. The molecule has 0 saturated carbocycles. The second kappa shape index (κ2) is 116. The first-order chi connectivity index (χ1) is 0. The zero-order valence-corrected chi connectivity index (χ0v) is 6.39. The van der Waals surface area contributed by atoms with Crippen LogP contribution < -0.4 is 0 Å². The zero-order valence-electron chi connectivity index (χ0n) is 2.50. The van der Waals surface area contributed by atoms with Gasteiger partial charge in [0.1, 0.15) is 0 Å². The Bertz CT molecular complexity index is 3.61. The van der Waals surface area contributed by atoms with Gasteiger partial charge in [0, 0.05) is 27.3 Å². The van der Waals surface area contributed by atoms with Crippen LogP contribution in [0.1, 0.15) is 0 Å². The van der Waals surface area contributed by atoms with E-state index in [9.17, 15) is 0 Å². The zero-order chi connectivity index (χ0) is 0. The normalized spacial score (nSPS) is 0. The van der Waals surface area contributed by atoms with Crippen LogP contribution in [0, 0.1) is 0 Å². The molecule has 0 atom stereocenters. The third-order valence-electron chi connectivity index (χ3n) is 0.